The van der Waals surface area contributed by atoms with Crippen LogP contribution >= 0.6 is 0 Å². The van der Waals surface area contributed by atoms with E-state index in [0.29, 0.717) is 12.6 Å². The Kier molecular flexibility index (Phi) is 3.37. The molecule has 1 aromatic heterocycles. The third kappa shape index (κ3) is 2.29. The Hall–Kier alpha value is -1.29. The first-order chi connectivity index (χ1) is 8.84. The molecule has 1 atom stereocenters. The van der Waals surface area contributed by atoms with Gasteiger partial charge in [-0.25, -0.2) is 0 Å². The summed E-state index contributed by atoms with van der Waals surface area (Å²) in [6, 6.07) is 4.88. The Morgan fingerprint density at radius 3 is 3.22 bits per heavy atom. The molecule has 1 fully saturated rings. The van der Waals surface area contributed by atoms with E-state index in [2.05, 4.69) is 29.3 Å². The van der Waals surface area contributed by atoms with E-state index >= 15 is 0 Å². The molecule has 0 unspecified atom stereocenters. The lowest BCUT2D eigenvalue weighted by molar-refractivity contribution is 0.313. The van der Waals surface area contributed by atoms with E-state index in [4.69, 9.17) is 9.72 Å². The van der Waals surface area contributed by atoms with Gasteiger partial charge in [-0.1, -0.05) is 0 Å². The fourth-order valence-corrected chi connectivity index (χ4v) is 2.76. The maximum Gasteiger partial charge on any atom is 0.219 e. The smallest absolute Gasteiger partial charge is 0.219 e. The van der Waals surface area contributed by atoms with Crippen molar-refractivity contribution in [1.29, 1.82) is 0 Å². The average molecular weight is 247 g/mol. The number of anilines is 1. The lowest BCUT2D eigenvalue weighted by Crippen LogP contribution is -2.38. The zero-order valence-corrected chi connectivity index (χ0v) is 11.0. The third-order valence-electron chi connectivity index (χ3n) is 3.85. The van der Waals surface area contributed by atoms with Crippen molar-refractivity contribution in [2.45, 2.75) is 38.8 Å². The maximum absolute atomic E-state index is 5.71. The topological polar surface area (TPSA) is 37.4 Å². The lowest BCUT2D eigenvalue weighted by atomic mass is 10.0. The second-order valence-corrected chi connectivity index (χ2v) is 5.20. The number of nitrogens with one attached hydrogen (secondary N) is 1. The molecule has 0 amide bonds. The van der Waals surface area contributed by atoms with Crippen molar-refractivity contribution in [2.24, 2.45) is 0 Å². The number of fused-ring (bicyclic) bond motifs is 1. The summed E-state index contributed by atoms with van der Waals surface area (Å²) in [4.78, 5) is 7.12. The molecule has 4 nitrogen and oxygen atoms in total. The van der Waals surface area contributed by atoms with Crippen LogP contribution in [-0.2, 0) is 6.54 Å². The summed E-state index contributed by atoms with van der Waals surface area (Å²) in [6.07, 6.45) is 3.87. The monoisotopic (exact) mass is 247 g/mol. The highest BCUT2D eigenvalue weighted by molar-refractivity contribution is 5.45. The van der Waals surface area contributed by atoms with Crippen molar-refractivity contribution in [3.05, 3.63) is 17.7 Å². The fourth-order valence-electron chi connectivity index (χ4n) is 2.76. The summed E-state index contributed by atoms with van der Waals surface area (Å²) in [7, 11) is 0. The predicted octanol–water partition coefficient (Wildman–Crippen LogP) is 1.94. The molecule has 2 aliphatic heterocycles. The van der Waals surface area contributed by atoms with E-state index in [0.717, 1.165) is 31.3 Å². The first-order valence-electron chi connectivity index (χ1n) is 6.94. The van der Waals surface area contributed by atoms with Crippen LogP contribution in [0.2, 0.25) is 0 Å². The number of pyridine rings is 1. The average Bonchev–Trinajstić information content (AvgIpc) is 2.63. The first-order valence-corrected chi connectivity index (χ1v) is 6.94. The van der Waals surface area contributed by atoms with E-state index in [1.165, 1.54) is 24.8 Å². The Morgan fingerprint density at radius 1 is 1.39 bits per heavy atom. The van der Waals surface area contributed by atoms with Gasteiger partial charge in [-0.05, 0) is 38.3 Å². The van der Waals surface area contributed by atoms with Gasteiger partial charge in [-0.3, -0.25) is 0 Å². The van der Waals surface area contributed by atoms with Crippen molar-refractivity contribution < 1.29 is 4.74 Å². The number of hydrogen-bond acceptors (Lipinski definition) is 4. The van der Waals surface area contributed by atoms with Gasteiger partial charge < -0.3 is 15.0 Å². The second-order valence-electron chi connectivity index (χ2n) is 5.20. The molecule has 0 bridgehead atoms. The molecule has 1 saturated heterocycles. The normalized spacial score (nSPS) is 24.1. The largest absolute Gasteiger partial charge is 0.476 e. The molecule has 3 rings (SSSR count). The Morgan fingerprint density at radius 2 is 2.33 bits per heavy atom. The molecule has 98 valence electrons. The Labute approximate surface area is 108 Å². The minimum atomic E-state index is 0.591. The number of rotatable bonds is 1. The van der Waals surface area contributed by atoms with E-state index in [1.807, 2.05) is 0 Å². The predicted molar refractivity (Wildman–Crippen MR) is 72.1 cm³/mol. The second kappa shape index (κ2) is 5.14. The first kappa shape index (κ1) is 11.8. The SMILES string of the molecule is C[C@H]1CCCCN1c1ccc2c(n1)OCCNC2. The van der Waals surface area contributed by atoms with Gasteiger partial charge in [-0.2, -0.15) is 4.98 Å². The maximum atomic E-state index is 5.71. The van der Waals surface area contributed by atoms with Crippen LogP contribution in [0.1, 0.15) is 31.7 Å². The molecule has 3 heterocycles. The summed E-state index contributed by atoms with van der Waals surface area (Å²) < 4.78 is 5.71. The zero-order valence-electron chi connectivity index (χ0n) is 11.0. The van der Waals surface area contributed by atoms with Crippen LogP contribution in [0.4, 0.5) is 5.82 Å². The van der Waals surface area contributed by atoms with Crippen LogP contribution in [0, 0.1) is 0 Å². The summed E-state index contributed by atoms with van der Waals surface area (Å²) in [5.41, 5.74) is 1.17. The number of hydrogen-bond donors (Lipinski definition) is 1. The molecular formula is C14H21N3O. The molecule has 0 aromatic carbocycles. The molecule has 18 heavy (non-hydrogen) atoms. The highest BCUT2D eigenvalue weighted by atomic mass is 16.5. The van der Waals surface area contributed by atoms with Crippen molar-refractivity contribution in [3.8, 4) is 5.88 Å². The van der Waals surface area contributed by atoms with Gasteiger partial charge >= 0.3 is 0 Å². The van der Waals surface area contributed by atoms with Gasteiger partial charge in [-0.15, -0.1) is 0 Å². The zero-order chi connectivity index (χ0) is 12.4. The van der Waals surface area contributed by atoms with Crippen LogP contribution in [0.5, 0.6) is 5.88 Å². The van der Waals surface area contributed by atoms with Crippen molar-refractivity contribution >= 4 is 5.82 Å². The lowest BCUT2D eigenvalue weighted by Gasteiger charge is -2.34. The van der Waals surface area contributed by atoms with E-state index < -0.39 is 0 Å². The summed E-state index contributed by atoms with van der Waals surface area (Å²) in [6.45, 7) is 5.86. The van der Waals surface area contributed by atoms with Crippen molar-refractivity contribution in [1.82, 2.24) is 10.3 Å². The molecular weight excluding hydrogens is 226 g/mol. The summed E-state index contributed by atoms with van der Waals surface area (Å²) in [5.74, 6) is 1.89. The minimum Gasteiger partial charge on any atom is -0.476 e. The van der Waals surface area contributed by atoms with Crippen LogP contribution in [0.3, 0.4) is 0 Å². The van der Waals surface area contributed by atoms with E-state index in [1.54, 1.807) is 0 Å². The molecule has 1 aromatic rings. The van der Waals surface area contributed by atoms with Crippen LogP contribution in [0.15, 0.2) is 12.1 Å². The number of nitrogens with zero attached hydrogens (tertiary/aromatic N) is 2. The van der Waals surface area contributed by atoms with Gasteiger partial charge in [0.1, 0.15) is 12.4 Å². The van der Waals surface area contributed by atoms with E-state index in [-0.39, 0.29) is 0 Å². The number of ether oxygens (including phenoxy) is 1. The molecule has 0 saturated carbocycles. The van der Waals surface area contributed by atoms with Crippen molar-refractivity contribution in [3.63, 3.8) is 0 Å². The van der Waals surface area contributed by atoms with Gasteiger partial charge in [0, 0.05) is 31.2 Å². The molecule has 2 aliphatic rings. The molecule has 0 spiro atoms. The van der Waals surface area contributed by atoms with Gasteiger partial charge in [0.15, 0.2) is 0 Å². The summed E-state index contributed by atoms with van der Waals surface area (Å²) >= 11 is 0. The van der Waals surface area contributed by atoms with Gasteiger partial charge in [0.25, 0.3) is 0 Å². The Bertz CT molecular complexity index is 422. The number of piperidine rings is 1. The fraction of sp³-hybridized carbons (Fsp3) is 0.643. The van der Waals surface area contributed by atoms with Crippen molar-refractivity contribution in [2.75, 3.05) is 24.6 Å². The minimum absolute atomic E-state index is 0.591. The quantitative estimate of drug-likeness (QED) is 0.823. The highest BCUT2D eigenvalue weighted by Gasteiger charge is 2.21. The van der Waals surface area contributed by atoms with Gasteiger partial charge in [0.05, 0.1) is 0 Å². The van der Waals surface area contributed by atoms with Crippen LogP contribution in [0.25, 0.3) is 0 Å². The van der Waals surface area contributed by atoms with E-state index in [9.17, 15) is 0 Å². The summed E-state index contributed by atoms with van der Waals surface area (Å²) in [5, 5.41) is 3.33. The highest BCUT2D eigenvalue weighted by Crippen LogP contribution is 2.27. The Balaban J connectivity index is 1.86. The molecule has 1 N–H and O–H groups in total. The molecule has 0 radical (unpaired) electrons. The van der Waals surface area contributed by atoms with Crippen LogP contribution in [-0.4, -0.2) is 30.7 Å². The third-order valence-corrected chi connectivity index (χ3v) is 3.85. The molecule has 0 aliphatic carbocycles. The van der Waals surface area contributed by atoms with Crippen LogP contribution < -0.4 is 15.0 Å². The standard InChI is InChI=1S/C14H21N3O/c1-11-4-2-3-8-17(11)13-6-5-12-10-15-7-9-18-14(12)16-13/h5-6,11,15H,2-4,7-10H2,1H3/t11-/m0/s1. The number of aromatic nitrogens is 1. The molecule has 4 heteroatoms. The van der Waals surface area contributed by atoms with Gasteiger partial charge in [0.2, 0.25) is 5.88 Å².